The van der Waals surface area contributed by atoms with Gasteiger partial charge in [-0.15, -0.1) is 11.6 Å². The van der Waals surface area contributed by atoms with Crippen molar-refractivity contribution in [1.82, 2.24) is 10.3 Å². The smallest absolute Gasteiger partial charge is 0.0410 e. The fourth-order valence-electron chi connectivity index (χ4n) is 1.33. The topological polar surface area (TPSA) is 24.9 Å². The number of hydrogen-bond donors (Lipinski definition) is 1. The van der Waals surface area contributed by atoms with Crippen LogP contribution in [0, 0.1) is 0 Å². The number of pyridine rings is 1. The van der Waals surface area contributed by atoms with E-state index < -0.39 is 0 Å². The predicted molar refractivity (Wildman–Crippen MR) is 68.2 cm³/mol. The molecular formula is C11H16BrClN2. The van der Waals surface area contributed by atoms with Gasteiger partial charge in [-0.25, -0.2) is 0 Å². The van der Waals surface area contributed by atoms with Crippen molar-refractivity contribution in [2.45, 2.75) is 32.4 Å². The van der Waals surface area contributed by atoms with Crippen molar-refractivity contribution < 1.29 is 0 Å². The van der Waals surface area contributed by atoms with Crippen LogP contribution in [0.4, 0.5) is 0 Å². The SMILES string of the molecule is CC(CCCCl)NCc1cncc(Br)c1. The van der Waals surface area contributed by atoms with Gasteiger partial charge >= 0.3 is 0 Å². The third-order valence-corrected chi connectivity index (χ3v) is 2.89. The number of hydrogen-bond acceptors (Lipinski definition) is 2. The standard InChI is InChI=1S/C11H16BrClN2/c1-9(3-2-4-13)15-7-10-5-11(12)8-14-6-10/h5-6,8-9,15H,2-4,7H2,1H3. The number of rotatable bonds is 6. The first kappa shape index (κ1) is 12.9. The molecule has 0 amide bonds. The van der Waals surface area contributed by atoms with Gasteiger partial charge in [-0.05, 0) is 47.3 Å². The minimum atomic E-state index is 0.503. The van der Waals surface area contributed by atoms with Gasteiger partial charge in [0.25, 0.3) is 0 Å². The summed E-state index contributed by atoms with van der Waals surface area (Å²) in [7, 11) is 0. The summed E-state index contributed by atoms with van der Waals surface area (Å²) in [5.41, 5.74) is 1.20. The lowest BCUT2D eigenvalue weighted by Gasteiger charge is -2.12. The second-order valence-corrected chi connectivity index (χ2v) is 4.92. The van der Waals surface area contributed by atoms with E-state index in [0.717, 1.165) is 29.7 Å². The van der Waals surface area contributed by atoms with E-state index in [2.05, 4.69) is 39.2 Å². The van der Waals surface area contributed by atoms with Gasteiger partial charge in [0.2, 0.25) is 0 Å². The number of aromatic nitrogens is 1. The Morgan fingerprint density at radius 2 is 2.33 bits per heavy atom. The van der Waals surface area contributed by atoms with Gasteiger partial charge < -0.3 is 5.32 Å². The minimum Gasteiger partial charge on any atom is -0.310 e. The quantitative estimate of drug-likeness (QED) is 0.813. The molecule has 1 aromatic heterocycles. The third kappa shape index (κ3) is 5.50. The van der Waals surface area contributed by atoms with Crippen molar-refractivity contribution in [1.29, 1.82) is 0 Å². The molecule has 0 aromatic carbocycles. The third-order valence-electron chi connectivity index (χ3n) is 2.19. The zero-order chi connectivity index (χ0) is 11.1. The zero-order valence-corrected chi connectivity index (χ0v) is 11.2. The van der Waals surface area contributed by atoms with Crippen LogP contribution < -0.4 is 5.32 Å². The normalized spacial score (nSPS) is 12.7. The lowest BCUT2D eigenvalue weighted by Crippen LogP contribution is -2.25. The van der Waals surface area contributed by atoms with Gasteiger partial charge in [-0.3, -0.25) is 4.98 Å². The number of nitrogens with zero attached hydrogens (tertiary/aromatic N) is 1. The summed E-state index contributed by atoms with van der Waals surface area (Å²) in [6.45, 7) is 3.04. The highest BCUT2D eigenvalue weighted by molar-refractivity contribution is 9.10. The molecule has 15 heavy (non-hydrogen) atoms. The lowest BCUT2D eigenvalue weighted by atomic mass is 10.2. The van der Waals surface area contributed by atoms with Gasteiger partial charge in [-0.1, -0.05) is 0 Å². The predicted octanol–water partition coefficient (Wildman–Crippen LogP) is 3.34. The molecule has 1 atom stereocenters. The molecule has 0 saturated heterocycles. The molecule has 4 heteroatoms. The fourth-order valence-corrected chi connectivity index (χ4v) is 1.90. The van der Waals surface area contributed by atoms with Crippen LogP contribution in [0.2, 0.25) is 0 Å². The van der Waals surface area contributed by atoms with Crippen LogP contribution >= 0.6 is 27.5 Å². The first-order valence-corrected chi connectivity index (χ1v) is 6.44. The van der Waals surface area contributed by atoms with Crippen LogP contribution in [-0.2, 0) is 6.54 Å². The molecule has 0 aliphatic heterocycles. The van der Waals surface area contributed by atoms with Crippen molar-refractivity contribution in [3.8, 4) is 0 Å². The molecule has 0 radical (unpaired) electrons. The summed E-state index contributed by atoms with van der Waals surface area (Å²) in [5.74, 6) is 0.741. The molecule has 1 N–H and O–H groups in total. The molecule has 84 valence electrons. The summed E-state index contributed by atoms with van der Waals surface area (Å²) < 4.78 is 1.02. The van der Waals surface area contributed by atoms with E-state index in [0.29, 0.717) is 6.04 Å². The molecule has 1 rings (SSSR count). The van der Waals surface area contributed by atoms with Gasteiger partial charge in [0.05, 0.1) is 0 Å². The van der Waals surface area contributed by atoms with Crippen LogP contribution in [0.15, 0.2) is 22.9 Å². The van der Waals surface area contributed by atoms with E-state index in [1.54, 1.807) is 6.20 Å². The maximum absolute atomic E-state index is 5.64. The maximum atomic E-state index is 5.64. The molecular weight excluding hydrogens is 275 g/mol. The van der Waals surface area contributed by atoms with E-state index in [1.165, 1.54) is 5.56 Å². The van der Waals surface area contributed by atoms with Gasteiger partial charge in [0.15, 0.2) is 0 Å². The Morgan fingerprint density at radius 3 is 3.00 bits per heavy atom. The average Bonchev–Trinajstić information content (AvgIpc) is 2.23. The Bertz CT molecular complexity index is 294. The molecule has 1 heterocycles. The highest BCUT2D eigenvalue weighted by Crippen LogP contribution is 2.09. The molecule has 0 aliphatic carbocycles. The molecule has 0 saturated carbocycles. The second kappa shape index (κ2) is 7.20. The molecule has 0 bridgehead atoms. The van der Waals surface area contributed by atoms with Gasteiger partial charge in [-0.2, -0.15) is 0 Å². The summed E-state index contributed by atoms with van der Waals surface area (Å²) in [5, 5.41) is 3.44. The van der Waals surface area contributed by atoms with Crippen LogP contribution in [-0.4, -0.2) is 16.9 Å². The first-order chi connectivity index (χ1) is 7.22. The molecule has 0 aliphatic rings. The summed E-state index contributed by atoms with van der Waals surface area (Å²) in [6.07, 6.45) is 5.85. The molecule has 1 unspecified atom stereocenters. The summed E-state index contributed by atoms with van der Waals surface area (Å²) in [4.78, 5) is 4.12. The maximum Gasteiger partial charge on any atom is 0.0410 e. The Labute approximate surface area is 105 Å². The van der Waals surface area contributed by atoms with Crippen molar-refractivity contribution in [2.24, 2.45) is 0 Å². The van der Waals surface area contributed by atoms with Crippen molar-refractivity contribution in [3.05, 3.63) is 28.5 Å². The van der Waals surface area contributed by atoms with Crippen molar-refractivity contribution in [3.63, 3.8) is 0 Å². The van der Waals surface area contributed by atoms with Crippen LogP contribution in [0.3, 0.4) is 0 Å². The Kier molecular flexibility index (Phi) is 6.22. The van der Waals surface area contributed by atoms with E-state index in [1.807, 2.05) is 6.20 Å². The molecule has 1 aromatic rings. The molecule has 0 fully saturated rings. The van der Waals surface area contributed by atoms with E-state index in [4.69, 9.17) is 11.6 Å². The van der Waals surface area contributed by atoms with Crippen LogP contribution in [0.25, 0.3) is 0 Å². The summed E-state index contributed by atoms with van der Waals surface area (Å²) >= 11 is 9.04. The van der Waals surface area contributed by atoms with Crippen LogP contribution in [0.1, 0.15) is 25.3 Å². The monoisotopic (exact) mass is 290 g/mol. The second-order valence-electron chi connectivity index (χ2n) is 3.62. The number of nitrogens with one attached hydrogen (secondary N) is 1. The fraction of sp³-hybridized carbons (Fsp3) is 0.545. The summed E-state index contributed by atoms with van der Waals surface area (Å²) in [6, 6.07) is 2.58. The van der Waals surface area contributed by atoms with Crippen molar-refractivity contribution >= 4 is 27.5 Å². The van der Waals surface area contributed by atoms with E-state index in [9.17, 15) is 0 Å². The average molecular weight is 292 g/mol. The van der Waals surface area contributed by atoms with E-state index >= 15 is 0 Å². The Morgan fingerprint density at radius 1 is 1.53 bits per heavy atom. The van der Waals surface area contributed by atoms with Gasteiger partial charge in [0.1, 0.15) is 0 Å². The van der Waals surface area contributed by atoms with E-state index in [-0.39, 0.29) is 0 Å². The molecule has 0 spiro atoms. The number of halogens is 2. The van der Waals surface area contributed by atoms with Gasteiger partial charge in [0, 0.05) is 35.3 Å². The minimum absolute atomic E-state index is 0.503. The molecule has 2 nitrogen and oxygen atoms in total. The number of alkyl halides is 1. The Balaban J connectivity index is 2.30. The largest absolute Gasteiger partial charge is 0.310 e. The highest BCUT2D eigenvalue weighted by Gasteiger charge is 2.01. The van der Waals surface area contributed by atoms with Crippen molar-refractivity contribution in [2.75, 3.05) is 5.88 Å². The highest BCUT2D eigenvalue weighted by atomic mass is 79.9. The van der Waals surface area contributed by atoms with Crippen LogP contribution in [0.5, 0.6) is 0 Å². The zero-order valence-electron chi connectivity index (χ0n) is 8.84. The first-order valence-electron chi connectivity index (χ1n) is 5.11. The lowest BCUT2D eigenvalue weighted by molar-refractivity contribution is 0.509. The Hall–Kier alpha value is -0.120.